The Hall–Kier alpha value is -2.80. The Kier molecular flexibility index (Phi) is 5.58. The van der Waals surface area contributed by atoms with Crippen LogP contribution in [-0.4, -0.2) is 21.0 Å². The average molecular weight is 424 g/mol. The van der Waals surface area contributed by atoms with Crippen LogP contribution >= 0.6 is 22.9 Å². The summed E-state index contributed by atoms with van der Waals surface area (Å²) in [5, 5.41) is 13.8. The molecule has 2 heterocycles. The van der Waals surface area contributed by atoms with Crippen LogP contribution in [0.3, 0.4) is 0 Å². The highest BCUT2D eigenvalue weighted by Crippen LogP contribution is 2.30. The van der Waals surface area contributed by atoms with Crippen LogP contribution in [0.4, 0.5) is 5.13 Å². The van der Waals surface area contributed by atoms with Crippen molar-refractivity contribution >= 4 is 44.2 Å². The average Bonchev–Trinajstić information content (AvgIpc) is 3.15. The van der Waals surface area contributed by atoms with E-state index in [2.05, 4.69) is 15.3 Å². The normalized spacial score (nSPS) is 12.1. The molecular formula is C22H18ClN3O2S. The maximum Gasteiger partial charge on any atom is 0.257 e. The molecule has 1 unspecified atom stereocenters. The first-order chi connectivity index (χ1) is 14.0. The molecule has 29 heavy (non-hydrogen) atoms. The first-order valence-electron chi connectivity index (χ1n) is 9.16. The van der Waals surface area contributed by atoms with E-state index in [4.69, 9.17) is 11.6 Å². The van der Waals surface area contributed by atoms with Crippen molar-refractivity contribution < 1.29 is 9.90 Å². The van der Waals surface area contributed by atoms with Gasteiger partial charge in [-0.05, 0) is 36.8 Å². The van der Waals surface area contributed by atoms with Crippen LogP contribution in [0, 0.1) is 0 Å². The summed E-state index contributed by atoms with van der Waals surface area (Å²) in [5.74, 6) is -0.226. The summed E-state index contributed by atoms with van der Waals surface area (Å²) in [7, 11) is 0. The van der Waals surface area contributed by atoms with Gasteiger partial charge >= 0.3 is 0 Å². The zero-order valence-corrected chi connectivity index (χ0v) is 17.2. The van der Waals surface area contributed by atoms with Crippen LogP contribution < -0.4 is 5.32 Å². The molecule has 0 bridgehead atoms. The Morgan fingerprint density at radius 2 is 1.97 bits per heavy atom. The maximum atomic E-state index is 12.5. The molecule has 1 amide bonds. The number of rotatable bonds is 5. The minimum Gasteiger partial charge on any atom is -0.388 e. The molecule has 5 nitrogen and oxygen atoms in total. The molecule has 0 saturated heterocycles. The zero-order chi connectivity index (χ0) is 20.4. The highest BCUT2D eigenvalue weighted by atomic mass is 35.5. The Morgan fingerprint density at radius 1 is 1.21 bits per heavy atom. The summed E-state index contributed by atoms with van der Waals surface area (Å²) in [6.07, 6.45) is 1.64. The Morgan fingerprint density at radius 3 is 2.66 bits per heavy atom. The number of carbonyl (C=O) groups is 1. The fourth-order valence-electron chi connectivity index (χ4n) is 2.96. The van der Waals surface area contributed by atoms with Gasteiger partial charge in [0.05, 0.1) is 27.0 Å². The van der Waals surface area contributed by atoms with E-state index in [1.54, 1.807) is 36.5 Å². The van der Waals surface area contributed by atoms with E-state index < -0.39 is 6.10 Å². The number of amides is 1. The van der Waals surface area contributed by atoms with Gasteiger partial charge in [0.1, 0.15) is 0 Å². The van der Waals surface area contributed by atoms with Crippen molar-refractivity contribution in [3.8, 4) is 11.3 Å². The van der Waals surface area contributed by atoms with E-state index in [0.717, 1.165) is 15.8 Å². The lowest BCUT2D eigenvalue weighted by atomic mass is 10.1. The van der Waals surface area contributed by atoms with E-state index in [9.17, 15) is 9.90 Å². The number of aromatic nitrogens is 2. The predicted octanol–water partition coefficient (Wildman–Crippen LogP) is 5.71. The maximum absolute atomic E-state index is 12.5. The molecule has 0 aliphatic carbocycles. The summed E-state index contributed by atoms with van der Waals surface area (Å²) < 4.78 is 1.02. The second-order valence-corrected chi connectivity index (χ2v) is 7.98. The number of benzene rings is 2. The molecular weight excluding hydrogens is 406 g/mol. The highest BCUT2D eigenvalue weighted by Gasteiger charge is 2.13. The largest absolute Gasteiger partial charge is 0.388 e. The first-order valence-corrected chi connectivity index (χ1v) is 10.4. The monoisotopic (exact) mass is 423 g/mol. The smallest absolute Gasteiger partial charge is 0.257 e. The van der Waals surface area contributed by atoms with Crippen molar-refractivity contribution in [1.82, 2.24) is 9.97 Å². The predicted molar refractivity (Wildman–Crippen MR) is 118 cm³/mol. The Bertz CT molecular complexity index is 1140. The van der Waals surface area contributed by atoms with Crippen molar-refractivity contribution in [2.24, 2.45) is 0 Å². The molecule has 4 rings (SSSR count). The Labute approximate surface area is 177 Å². The fraction of sp³-hybridized carbons (Fsp3) is 0.136. The summed E-state index contributed by atoms with van der Waals surface area (Å²) in [5.41, 5.74) is 3.47. The second kappa shape index (κ2) is 8.29. The fourth-order valence-corrected chi connectivity index (χ4v) is 4.10. The van der Waals surface area contributed by atoms with Gasteiger partial charge in [-0.1, -0.05) is 54.1 Å². The van der Waals surface area contributed by atoms with Crippen molar-refractivity contribution in [3.63, 3.8) is 0 Å². The van der Waals surface area contributed by atoms with Gasteiger partial charge in [-0.15, -0.1) is 0 Å². The van der Waals surface area contributed by atoms with E-state index in [1.165, 1.54) is 11.3 Å². The minimum atomic E-state index is -0.581. The van der Waals surface area contributed by atoms with Crippen LogP contribution in [0.1, 0.15) is 35.4 Å². The van der Waals surface area contributed by atoms with Crippen molar-refractivity contribution in [1.29, 1.82) is 0 Å². The minimum absolute atomic E-state index is 0.226. The van der Waals surface area contributed by atoms with Crippen LogP contribution in [0.25, 0.3) is 21.5 Å². The standard InChI is InChI=1S/C22H18ClN3O2S/c1-2-18(27)15-11-16(23)20(24-12-15)13-7-9-14(10-8-13)21(28)26-22-25-17-5-3-4-6-19(17)29-22/h3-12,18,27H,2H2,1H3,(H,25,26,28). The SMILES string of the molecule is CCC(O)c1cnc(-c2ccc(C(=O)Nc3nc4ccccc4s3)cc2)c(Cl)c1. The number of thiazole rings is 1. The van der Waals surface area contributed by atoms with Gasteiger partial charge in [-0.3, -0.25) is 15.1 Å². The molecule has 0 radical (unpaired) electrons. The van der Waals surface area contributed by atoms with Gasteiger partial charge in [-0.25, -0.2) is 4.98 Å². The van der Waals surface area contributed by atoms with Crippen LogP contribution in [0.2, 0.25) is 5.02 Å². The third-order valence-corrected chi connectivity index (χ3v) is 5.81. The lowest BCUT2D eigenvalue weighted by Crippen LogP contribution is -2.11. The summed E-state index contributed by atoms with van der Waals surface area (Å²) in [6.45, 7) is 1.89. The van der Waals surface area contributed by atoms with Crippen molar-refractivity contribution in [2.75, 3.05) is 5.32 Å². The second-order valence-electron chi connectivity index (χ2n) is 6.54. The molecule has 0 saturated carbocycles. The van der Waals surface area contributed by atoms with E-state index in [-0.39, 0.29) is 5.91 Å². The molecule has 0 aliphatic heterocycles. The number of anilines is 1. The number of nitrogens with one attached hydrogen (secondary N) is 1. The number of pyridine rings is 1. The lowest BCUT2D eigenvalue weighted by molar-refractivity contribution is 0.102. The van der Waals surface area contributed by atoms with Gasteiger partial charge in [0.25, 0.3) is 5.91 Å². The first kappa shape index (κ1) is 19.5. The number of hydrogen-bond donors (Lipinski definition) is 2. The number of carbonyl (C=O) groups excluding carboxylic acids is 1. The Balaban J connectivity index is 1.52. The van der Waals surface area contributed by atoms with E-state index in [0.29, 0.717) is 33.4 Å². The lowest BCUT2D eigenvalue weighted by Gasteiger charge is -2.10. The number of aliphatic hydroxyl groups is 1. The molecule has 4 aromatic rings. The van der Waals surface area contributed by atoms with Crippen LogP contribution in [0.15, 0.2) is 60.8 Å². The van der Waals surface area contributed by atoms with Gasteiger partial charge < -0.3 is 5.11 Å². The number of aliphatic hydroxyl groups excluding tert-OH is 1. The summed E-state index contributed by atoms with van der Waals surface area (Å²) in [4.78, 5) is 21.4. The zero-order valence-electron chi connectivity index (χ0n) is 15.6. The number of nitrogens with zero attached hydrogens (tertiary/aromatic N) is 2. The topological polar surface area (TPSA) is 75.1 Å². The molecule has 146 valence electrons. The molecule has 2 aromatic carbocycles. The number of para-hydroxylation sites is 1. The van der Waals surface area contributed by atoms with E-state index >= 15 is 0 Å². The van der Waals surface area contributed by atoms with Gasteiger partial charge in [0.2, 0.25) is 0 Å². The van der Waals surface area contributed by atoms with Crippen molar-refractivity contribution in [3.05, 3.63) is 76.9 Å². The number of hydrogen-bond acceptors (Lipinski definition) is 5. The molecule has 0 fully saturated rings. The van der Waals surface area contributed by atoms with Crippen LogP contribution in [-0.2, 0) is 0 Å². The number of halogens is 1. The van der Waals surface area contributed by atoms with Gasteiger partial charge in [-0.2, -0.15) is 0 Å². The quantitative estimate of drug-likeness (QED) is 0.431. The van der Waals surface area contributed by atoms with Crippen LogP contribution in [0.5, 0.6) is 0 Å². The number of fused-ring (bicyclic) bond motifs is 1. The third kappa shape index (κ3) is 4.15. The van der Waals surface area contributed by atoms with Gasteiger partial charge in [0.15, 0.2) is 5.13 Å². The summed E-state index contributed by atoms with van der Waals surface area (Å²) in [6, 6.07) is 16.5. The van der Waals surface area contributed by atoms with Crippen molar-refractivity contribution in [2.45, 2.75) is 19.4 Å². The molecule has 2 aromatic heterocycles. The third-order valence-electron chi connectivity index (χ3n) is 4.57. The molecule has 7 heteroatoms. The molecule has 2 N–H and O–H groups in total. The van der Waals surface area contributed by atoms with Gasteiger partial charge in [0, 0.05) is 22.9 Å². The molecule has 1 atom stereocenters. The molecule has 0 aliphatic rings. The highest BCUT2D eigenvalue weighted by molar-refractivity contribution is 7.22. The van der Waals surface area contributed by atoms with E-state index in [1.807, 2.05) is 31.2 Å². The molecule has 0 spiro atoms. The summed E-state index contributed by atoms with van der Waals surface area (Å²) >= 11 is 7.79.